The predicted octanol–water partition coefficient (Wildman–Crippen LogP) is 0.0156. The lowest BCUT2D eigenvalue weighted by Gasteiger charge is -2.32. The Morgan fingerprint density at radius 1 is 1.50 bits per heavy atom. The molecule has 0 bridgehead atoms. The molecule has 9 heteroatoms. The van der Waals surface area contributed by atoms with E-state index in [2.05, 4.69) is 10.3 Å². The van der Waals surface area contributed by atoms with E-state index in [0.717, 1.165) is 10.6 Å². The van der Waals surface area contributed by atoms with Gasteiger partial charge in [0, 0.05) is 38.7 Å². The van der Waals surface area contributed by atoms with E-state index in [0.29, 0.717) is 25.5 Å². The Bertz CT molecular complexity index is 638. The Labute approximate surface area is 142 Å². The van der Waals surface area contributed by atoms with Gasteiger partial charge in [-0.3, -0.25) is 4.79 Å². The maximum absolute atomic E-state index is 12.1. The molecule has 24 heavy (non-hydrogen) atoms. The first-order chi connectivity index (χ1) is 11.4. The molecule has 1 aliphatic heterocycles. The molecular weight excluding hydrogens is 334 g/mol. The van der Waals surface area contributed by atoms with Crippen molar-refractivity contribution in [2.75, 3.05) is 33.1 Å². The molecule has 2 heterocycles. The monoisotopic (exact) mass is 357 g/mol. The first-order valence-electron chi connectivity index (χ1n) is 7.72. The minimum atomic E-state index is -3.29. The molecule has 1 saturated heterocycles. The molecule has 134 valence electrons. The molecule has 2 atom stereocenters. The molecule has 1 aromatic rings. The number of carbonyl (C=O) groups excluding carboxylic acids is 1. The molecule has 0 unspecified atom stereocenters. The van der Waals surface area contributed by atoms with Crippen LogP contribution in [0.15, 0.2) is 24.4 Å². The highest BCUT2D eigenvalue weighted by Gasteiger charge is 2.29. The van der Waals surface area contributed by atoms with Crippen LogP contribution in [0.1, 0.15) is 12.8 Å². The zero-order valence-corrected chi connectivity index (χ0v) is 14.7. The lowest BCUT2D eigenvalue weighted by molar-refractivity contribution is -0.124. The van der Waals surface area contributed by atoms with Gasteiger partial charge in [-0.1, -0.05) is 6.07 Å². The topological polar surface area (TPSA) is 97.8 Å². The molecule has 0 saturated carbocycles. The quantitative estimate of drug-likeness (QED) is 0.739. The van der Waals surface area contributed by atoms with Crippen molar-refractivity contribution in [2.45, 2.75) is 25.0 Å². The smallest absolute Gasteiger partial charge is 0.221 e. The summed E-state index contributed by atoms with van der Waals surface area (Å²) in [4.78, 5) is 16.2. The average Bonchev–Trinajstić information content (AvgIpc) is 2.54. The van der Waals surface area contributed by atoms with Crippen molar-refractivity contribution < 1.29 is 22.7 Å². The summed E-state index contributed by atoms with van der Waals surface area (Å²) in [7, 11) is -1.84. The van der Waals surface area contributed by atoms with Crippen molar-refractivity contribution in [1.29, 1.82) is 0 Å². The van der Waals surface area contributed by atoms with Gasteiger partial charge >= 0.3 is 0 Å². The van der Waals surface area contributed by atoms with Crippen molar-refractivity contribution >= 4 is 15.9 Å². The molecule has 0 spiro atoms. The molecule has 1 aliphatic rings. The molecule has 2 rings (SSSR count). The van der Waals surface area contributed by atoms with Crippen LogP contribution in [-0.4, -0.2) is 68.8 Å². The standard InChI is InChI=1S/C15H23N3O5S/c1-18(24(2,20)21)9-6-14(19)17-12-11-22-10-7-13(12)23-15-5-3-4-8-16-15/h3-5,8,12-13H,6-7,9-11H2,1-2H3,(H,17,19)/t12-,13-/m1/s1. The molecule has 1 fully saturated rings. The van der Waals surface area contributed by atoms with E-state index in [-0.39, 0.29) is 31.0 Å². The SMILES string of the molecule is CN(CCC(=O)N[C@@H]1COCC[C@H]1Oc1ccccn1)S(C)(=O)=O. The molecule has 1 amide bonds. The average molecular weight is 357 g/mol. The Morgan fingerprint density at radius 3 is 2.96 bits per heavy atom. The zero-order chi connectivity index (χ0) is 17.6. The summed E-state index contributed by atoms with van der Waals surface area (Å²) in [6, 6.07) is 5.09. The highest BCUT2D eigenvalue weighted by atomic mass is 32.2. The molecule has 0 radical (unpaired) electrons. The first-order valence-corrected chi connectivity index (χ1v) is 9.57. The fraction of sp³-hybridized carbons (Fsp3) is 0.600. The maximum atomic E-state index is 12.1. The van der Waals surface area contributed by atoms with Crippen LogP contribution in [-0.2, 0) is 19.6 Å². The summed E-state index contributed by atoms with van der Waals surface area (Å²) in [6.45, 7) is 1.04. The van der Waals surface area contributed by atoms with E-state index >= 15 is 0 Å². The molecular formula is C15H23N3O5S. The van der Waals surface area contributed by atoms with Gasteiger partial charge in [-0.15, -0.1) is 0 Å². The highest BCUT2D eigenvalue weighted by Crippen LogP contribution is 2.16. The third-order valence-electron chi connectivity index (χ3n) is 3.77. The Kier molecular flexibility index (Phi) is 6.52. The van der Waals surface area contributed by atoms with Gasteiger partial charge in [0.15, 0.2) is 0 Å². The van der Waals surface area contributed by atoms with Crippen molar-refractivity contribution in [3.05, 3.63) is 24.4 Å². The fourth-order valence-corrected chi connectivity index (χ4v) is 2.69. The molecule has 1 aromatic heterocycles. The van der Waals surface area contributed by atoms with Gasteiger partial charge in [-0.05, 0) is 6.07 Å². The highest BCUT2D eigenvalue weighted by molar-refractivity contribution is 7.88. The van der Waals surface area contributed by atoms with Crippen LogP contribution in [0.2, 0.25) is 0 Å². The molecule has 0 aromatic carbocycles. The number of pyridine rings is 1. The number of rotatable bonds is 7. The number of nitrogens with zero attached hydrogens (tertiary/aromatic N) is 2. The van der Waals surface area contributed by atoms with Crippen molar-refractivity contribution in [3.8, 4) is 5.88 Å². The second kappa shape index (κ2) is 8.41. The van der Waals surface area contributed by atoms with Crippen LogP contribution in [0.5, 0.6) is 5.88 Å². The van der Waals surface area contributed by atoms with Gasteiger partial charge in [0.05, 0.1) is 25.5 Å². The molecule has 1 N–H and O–H groups in total. The van der Waals surface area contributed by atoms with Crippen LogP contribution in [0, 0.1) is 0 Å². The number of hydrogen-bond donors (Lipinski definition) is 1. The van der Waals surface area contributed by atoms with E-state index in [1.54, 1.807) is 18.3 Å². The van der Waals surface area contributed by atoms with E-state index in [1.807, 2.05) is 6.07 Å². The Morgan fingerprint density at radius 2 is 2.29 bits per heavy atom. The van der Waals surface area contributed by atoms with Gasteiger partial charge < -0.3 is 14.8 Å². The van der Waals surface area contributed by atoms with E-state index in [9.17, 15) is 13.2 Å². The summed E-state index contributed by atoms with van der Waals surface area (Å²) in [5, 5.41) is 2.86. The van der Waals surface area contributed by atoms with Crippen molar-refractivity contribution in [2.24, 2.45) is 0 Å². The Balaban J connectivity index is 1.87. The van der Waals surface area contributed by atoms with Crippen LogP contribution in [0.4, 0.5) is 0 Å². The number of ether oxygens (including phenoxy) is 2. The fourth-order valence-electron chi connectivity index (χ4n) is 2.27. The second-order valence-electron chi connectivity index (χ2n) is 5.70. The van der Waals surface area contributed by atoms with Crippen LogP contribution in [0.3, 0.4) is 0 Å². The molecule has 0 aliphatic carbocycles. The Hall–Kier alpha value is -1.71. The number of aromatic nitrogens is 1. The first kappa shape index (κ1) is 18.6. The van der Waals surface area contributed by atoms with Gasteiger partial charge in [0.1, 0.15) is 6.10 Å². The number of sulfonamides is 1. The normalized spacial score (nSPS) is 21.5. The summed E-state index contributed by atoms with van der Waals surface area (Å²) in [6.07, 6.45) is 3.24. The third-order valence-corrected chi connectivity index (χ3v) is 5.08. The minimum absolute atomic E-state index is 0.0797. The summed E-state index contributed by atoms with van der Waals surface area (Å²) < 4.78 is 35.1. The van der Waals surface area contributed by atoms with E-state index in [1.165, 1.54) is 7.05 Å². The zero-order valence-electron chi connectivity index (χ0n) is 13.8. The summed E-state index contributed by atoms with van der Waals surface area (Å²) >= 11 is 0. The number of hydrogen-bond acceptors (Lipinski definition) is 6. The van der Waals surface area contributed by atoms with Gasteiger partial charge in [-0.25, -0.2) is 17.7 Å². The van der Waals surface area contributed by atoms with Crippen molar-refractivity contribution in [1.82, 2.24) is 14.6 Å². The van der Waals surface area contributed by atoms with Crippen LogP contribution >= 0.6 is 0 Å². The van der Waals surface area contributed by atoms with E-state index < -0.39 is 10.0 Å². The summed E-state index contributed by atoms with van der Waals surface area (Å²) in [5.74, 6) is 0.260. The predicted molar refractivity (Wildman–Crippen MR) is 88.1 cm³/mol. The van der Waals surface area contributed by atoms with Gasteiger partial charge in [0.25, 0.3) is 0 Å². The number of carbonyl (C=O) groups is 1. The maximum Gasteiger partial charge on any atom is 0.221 e. The van der Waals surface area contributed by atoms with Crippen LogP contribution in [0.25, 0.3) is 0 Å². The molecule has 8 nitrogen and oxygen atoms in total. The van der Waals surface area contributed by atoms with Crippen LogP contribution < -0.4 is 10.1 Å². The minimum Gasteiger partial charge on any atom is -0.472 e. The van der Waals surface area contributed by atoms with Crippen molar-refractivity contribution in [3.63, 3.8) is 0 Å². The number of nitrogens with one attached hydrogen (secondary N) is 1. The van der Waals surface area contributed by atoms with Gasteiger partial charge in [-0.2, -0.15) is 0 Å². The van der Waals surface area contributed by atoms with Gasteiger partial charge in [0.2, 0.25) is 21.8 Å². The van der Waals surface area contributed by atoms with E-state index in [4.69, 9.17) is 9.47 Å². The lowest BCUT2D eigenvalue weighted by atomic mass is 10.1. The summed E-state index contributed by atoms with van der Waals surface area (Å²) in [5.41, 5.74) is 0. The third kappa shape index (κ3) is 5.73. The number of amides is 1. The second-order valence-corrected chi connectivity index (χ2v) is 7.79. The largest absolute Gasteiger partial charge is 0.472 e. The lowest BCUT2D eigenvalue weighted by Crippen LogP contribution is -2.52.